The fraction of sp³-hybridized carbons (Fsp3) is 0.407. The first kappa shape index (κ1) is 23.1. The van der Waals surface area contributed by atoms with Gasteiger partial charge in [0.15, 0.2) is 0 Å². The van der Waals surface area contributed by atoms with E-state index in [1.165, 1.54) is 0 Å². The van der Waals surface area contributed by atoms with Crippen LogP contribution in [0.2, 0.25) is 0 Å². The lowest BCUT2D eigenvalue weighted by Gasteiger charge is -2.27. The first-order chi connectivity index (χ1) is 16.0. The van der Waals surface area contributed by atoms with Gasteiger partial charge in [-0.3, -0.25) is 9.59 Å². The van der Waals surface area contributed by atoms with Crippen molar-refractivity contribution >= 4 is 17.4 Å². The van der Waals surface area contributed by atoms with Gasteiger partial charge >= 0.3 is 0 Å². The third-order valence-electron chi connectivity index (χ3n) is 6.25. The number of nitrogens with zero attached hydrogens (tertiary/aromatic N) is 1. The van der Waals surface area contributed by atoms with Gasteiger partial charge in [0, 0.05) is 18.7 Å². The number of aryl methyl sites for hydroxylation is 1. The van der Waals surface area contributed by atoms with E-state index in [9.17, 15) is 14.7 Å². The molecule has 0 saturated carbocycles. The monoisotopic (exact) mass is 449 g/mol. The molecule has 1 N–H and O–H groups in total. The van der Waals surface area contributed by atoms with Gasteiger partial charge in [0.05, 0.1) is 24.3 Å². The molecule has 2 atom stereocenters. The molecule has 1 amide bonds. The van der Waals surface area contributed by atoms with Crippen LogP contribution < -0.4 is 4.74 Å². The van der Waals surface area contributed by atoms with Gasteiger partial charge in [0.1, 0.15) is 11.5 Å². The summed E-state index contributed by atoms with van der Waals surface area (Å²) in [4.78, 5) is 27.7. The molecule has 0 aromatic heterocycles. The van der Waals surface area contributed by atoms with Gasteiger partial charge in [-0.15, -0.1) is 0 Å². The Morgan fingerprint density at radius 3 is 2.48 bits per heavy atom. The summed E-state index contributed by atoms with van der Waals surface area (Å²) < 4.78 is 11.5. The Balaban J connectivity index is 1.72. The Morgan fingerprint density at radius 1 is 1.12 bits per heavy atom. The number of likely N-dealkylation sites (tertiary alicyclic amines) is 1. The number of hydrogen-bond acceptors (Lipinski definition) is 5. The molecular formula is C27H31NO5. The van der Waals surface area contributed by atoms with Crippen LogP contribution >= 0.6 is 0 Å². The molecule has 2 aliphatic rings. The summed E-state index contributed by atoms with van der Waals surface area (Å²) in [7, 11) is 0. The summed E-state index contributed by atoms with van der Waals surface area (Å²) in [5, 5.41) is 11.1. The number of aliphatic hydroxyl groups is 1. The van der Waals surface area contributed by atoms with Crippen LogP contribution in [0.1, 0.15) is 55.3 Å². The molecule has 174 valence electrons. The molecule has 2 aromatic rings. The SMILES string of the molecule is CCCCOc1ccc(C2/C(=C(\O)c3ccc(C)cc3)C(=O)C(=O)N2CC2CCCO2)cc1. The molecule has 2 unspecified atom stereocenters. The summed E-state index contributed by atoms with van der Waals surface area (Å²) in [6.07, 6.45) is 3.70. The molecule has 6 nitrogen and oxygen atoms in total. The maximum absolute atomic E-state index is 13.1. The van der Waals surface area contributed by atoms with Gasteiger partial charge in [-0.2, -0.15) is 0 Å². The van der Waals surface area contributed by atoms with Crippen LogP contribution in [0.25, 0.3) is 5.76 Å². The summed E-state index contributed by atoms with van der Waals surface area (Å²) in [5.41, 5.74) is 2.42. The van der Waals surface area contributed by atoms with E-state index in [2.05, 4.69) is 6.92 Å². The fourth-order valence-electron chi connectivity index (χ4n) is 4.37. The Morgan fingerprint density at radius 2 is 1.85 bits per heavy atom. The zero-order valence-corrected chi connectivity index (χ0v) is 19.3. The number of carbonyl (C=O) groups is 2. The van der Waals surface area contributed by atoms with Crippen molar-refractivity contribution in [2.75, 3.05) is 19.8 Å². The minimum absolute atomic E-state index is 0.109. The molecule has 33 heavy (non-hydrogen) atoms. The van der Waals surface area contributed by atoms with Crippen molar-refractivity contribution in [1.29, 1.82) is 0 Å². The van der Waals surface area contributed by atoms with E-state index in [-0.39, 0.29) is 17.4 Å². The predicted molar refractivity (Wildman–Crippen MR) is 126 cm³/mol. The molecule has 0 spiro atoms. The van der Waals surface area contributed by atoms with E-state index in [4.69, 9.17) is 9.47 Å². The summed E-state index contributed by atoms with van der Waals surface area (Å²) in [6, 6.07) is 14.0. The Labute approximate surface area is 194 Å². The zero-order valence-electron chi connectivity index (χ0n) is 19.3. The molecule has 2 fully saturated rings. The minimum Gasteiger partial charge on any atom is -0.507 e. The van der Waals surface area contributed by atoms with Crippen LogP contribution in [0, 0.1) is 6.92 Å². The maximum atomic E-state index is 13.1. The number of carbonyl (C=O) groups excluding carboxylic acids is 2. The second-order valence-electron chi connectivity index (χ2n) is 8.72. The van der Waals surface area contributed by atoms with E-state index in [1.54, 1.807) is 17.0 Å². The summed E-state index contributed by atoms with van der Waals surface area (Å²) in [6.45, 7) is 5.67. The number of aliphatic hydroxyl groups excluding tert-OH is 1. The normalized spacial score (nSPS) is 22.2. The lowest BCUT2D eigenvalue weighted by molar-refractivity contribution is -0.140. The topological polar surface area (TPSA) is 76.1 Å². The highest BCUT2D eigenvalue weighted by Crippen LogP contribution is 2.40. The van der Waals surface area contributed by atoms with Crippen molar-refractivity contribution in [3.05, 3.63) is 70.8 Å². The van der Waals surface area contributed by atoms with E-state index in [0.29, 0.717) is 25.3 Å². The van der Waals surface area contributed by atoms with Gasteiger partial charge in [0.2, 0.25) is 0 Å². The predicted octanol–water partition coefficient (Wildman–Crippen LogP) is 4.77. The van der Waals surface area contributed by atoms with Gasteiger partial charge in [-0.1, -0.05) is 55.3 Å². The maximum Gasteiger partial charge on any atom is 0.295 e. The van der Waals surface area contributed by atoms with Gasteiger partial charge in [-0.25, -0.2) is 0 Å². The van der Waals surface area contributed by atoms with E-state index >= 15 is 0 Å². The quantitative estimate of drug-likeness (QED) is 0.272. The molecule has 6 heteroatoms. The van der Waals surface area contributed by atoms with Crippen molar-refractivity contribution in [2.45, 2.75) is 51.7 Å². The number of hydrogen-bond donors (Lipinski definition) is 1. The third kappa shape index (κ3) is 4.96. The molecule has 2 heterocycles. The first-order valence-corrected chi connectivity index (χ1v) is 11.7. The van der Waals surface area contributed by atoms with Gasteiger partial charge in [-0.05, 0) is 43.9 Å². The van der Waals surface area contributed by atoms with Crippen LogP contribution in [0.5, 0.6) is 5.75 Å². The van der Waals surface area contributed by atoms with E-state index < -0.39 is 17.7 Å². The molecule has 2 saturated heterocycles. The lowest BCUT2D eigenvalue weighted by Crippen LogP contribution is -2.36. The Hall–Kier alpha value is -3.12. The second-order valence-corrected chi connectivity index (χ2v) is 8.72. The van der Waals surface area contributed by atoms with Crippen LogP contribution in [-0.2, 0) is 14.3 Å². The average molecular weight is 450 g/mol. The zero-order chi connectivity index (χ0) is 23.4. The van der Waals surface area contributed by atoms with E-state index in [1.807, 2.05) is 43.3 Å². The van der Waals surface area contributed by atoms with Crippen molar-refractivity contribution in [3.8, 4) is 5.75 Å². The molecule has 4 rings (SSSR count). The van der Waals surface area contributed by atoms with Crippen molar-refractivity contribution in [3.63, 3.8) is 0 Å². The number of Topliss-reactive ketones (excluding diaryl/α,β-unsaturated/α-hetero) is 1. The third-order valence-corrected chi connectivity index (χ3v) is 6.25. The number of amides is 1. The smallest absolute Gasteiger partial charge is 0.295 e. The number of benzene rings is 2. The van der Waals surface area contributed by atoms with Crippen LogP contribution in [0.4, 0.5) is 0 Å². The highest BCUT2D eigenvalue weighted by molar-refractivity contribution is 6.46. The molecular weight excluding hydrogens is 418 g/mol. The van der Waals surface area contributed by atoms with Crippen LogP contribution in [-0.4, -0.2) is 47.6 Å². The standard InChI is InChI=1S/C27H31NO5/c1-3-4-15-32-21-13-11-19(12-14-21)24-23(25(29)20-9-7-18(2)8-10-20)26(30)27(31)28(24)17-22-6-5-16-33-22/h7-14,22,24,29H,3-6,15-17H2,1-2H3/b25-23+. The number of unbranched alkanes of at least 4 members (excludes halogenated alkanes) is 1. The van der Waals surface area contributed by atoms with Crippen molar-refractivity contribution in [2.24, 2.45) is 0 Å². The lowest BCUT2D eigenvalue weighted by atomic mass is 9.95. The fourth-order valence-corrected chi connectivity index (χ4v) is 4.37. The molecule has 2 aromatic carbocycles. The highest BCUT2D eigenvalue weighted by atomic mass is 16.5. The first-order valence-electron chi connectivity index (χ1n) is 11.7. The molecule has 2 aliphatic heterocycles. The van der Waals surface area contributed by atoms with Crippen molar-refractivity contribution in [1.82, 2.24) is 4.90 Å². The largest absolute Gasteiger partial charge is 0.507 e. The molecule has 0 radical (unpaired) electrons. The summed E-state index contributed by atoms with van der Waals surface area (Å²) in [5.74, 6) is -0.690. The average Bonchev–Trinajstić information content (AvgIpc) is 3.42. The minimum atomic E-state index is -0.680. The van der Waals surface area contributed by atoms with E-state index in [0.717, 1.165) is 42.6 Å². The summed E-state index contributed by atoms with van der Waals surface area (Å²) >= 11 is 0. The van der Waals surface area contributed by atoms with Crippen LogP contribution in [0.15, 0.2) is 54.1 Å². The number of ketones is 1. The van der Waals surface area contributed by atoms with Gasteiger partial charge < -0.3 is 19.5 Å². The Kier molecular flexibility index (Phi) is 7.14. The number of rotatable bonds is 8. The van der Waals surface area contributed by atoms with Crippen LogP contribution in [0.3, 0.4) is 0 Å². The van der Waals surface area contributed by atoms with Gasteiger partial charge in [0.25, 0.3) is 11.7 Å². The van der Waals surface area contributed by atoms with Crippen molar-refractivity contribution < 1.29 is 24.2 Å². The second kappa shape index (κ2) is 10.2. The Bertz CT molecular complexity index is 1020. The molecule has 0 aliphatic carbocycles. The number of ether oxygens (including phenoxy) is 2. The molecule has 0 bridgehead atoms. The highest BCUT2D eigenvalue weighted by Gasteiger charge is 2.47.